The number of ether oxygens (including phenoxy) is 1. The molecule has 0 amide bonds. The first-order valence-corrected chi connectivity index (χ1v) is 6.92. The summed E-state index contributed by atoms with van der Waals surface area (Å²) in [5, 5.41) is 0.981. The Morgan fingerprint density at radius 2 is 1.80 bits per heavy atom. The number of nitrogens with zero attached hydrogens (tertiary/aromatic N) is 1. The quantitative estimate of drug-likeness (QED) is 0.757. The van der Waals surface area contributed by atoms with Crippen LogP contribution in [0.3, 0.4) is 0 Å². The highest BCUT2D eigenvalue weighted by Crippen LogP contribution is 2.32. The van der Waals surface area contributed by atoms with Gasteiger partial charge < -0.3 is 9.72 Å². The molecule has 0 saturated carbocycles. The maximum Gasteiger partial charge on any atom is 0.157 e. The second kappa shape index (κ2) is 5.35. The summed E-state index contributed by atoms with van der Waals surface area (Å²) >= 11 is 12.1. The van der Waals surface area contributed by atoms with Crippen LogP contribution in [0.5, 0.6) is 5.75 Å². The molecule has 0 bridgehead atoms. The van der Waals surface area contributed by atoms with E-state index < -0.39 is 0 Å². The summed E-state index contributed by atoms with van der Waals surface area (Å²) in [4.78, 5) is 7.74. The molecule has 3 nitrogen and oxygen atoms in total. The van der Waals surface area contributed by atoms with Crippen molar-refractivity contribution in [3.63, 3.8) is 0 Å². The fraction of sp³-hybridized carbons (Fsp3) is 0.133. The third-order valence-corrected chi connectivity index (χ3v) is 3.63. The lowest BCUT2D eigenvalue weighted by molar-refractivity contribution is 0.298. The molecular formula is C15H12Cl2N2O. The van der Waals surface area contributed by atoms with Crippen LogP contribution in [0.2, 0.25) is 10.0 Å². The van der Waals surface area contributed by atoms with E-state index in [1.807, 2.05) is 25.1 Å². The number of rotatable bonds is 3. The van der Waals surface area contributed by atoms with Crippen molar-refractivity contribution in [2.75, 3.05) is 0 Å². The molecule has 3 rings (SSSR count). The molecule has 102 valence electrons. The van der Waals surface area contributed by atoms with Crippen molar-refractivity contribution in [2.45, 2.75) is 13.5 Å². The average Bonchev–Trinajstić information content (AvgIpc) is 2.83. The molecule has 5 heteroatoms. The van der Waals surface area contributed by atoms with Gasteiger partial charge in [0.1, 0.15) is 12.4 Å². The molecule has 0 spiro atoms. The molecule has 0 aliphatic rings. The molecule has 0 aliphatic heterocycles. The van der Waals surface area contributed by atoms with E-state index in [2.05, 4.69) is 9.97 Å². The average molecular weight is 307 g/mol. The van der Waals surface area contributed by atoms with E-state index >= 15 is 0 Å². The summed E-state index contributed by atoms with van der Waals surface area (Å²) in [5.74, 6) is 1.22. The fourth-order valence-electron chi connectivity index (χ4n) is 2.06. The lowest BCUT2D eigenvalue weighted by Gasteiger charge is -2.07. The number of H-pyrrole nitrogens is 1. The van der Waals surface area contributed by atoms with Crippen LogP contribution < -0.4 is 4.74 Å². The fourth-order valence-corrected chi connectivity index (χ4v) is 2.56. The van der Waals surface area contributed by atoms with Gasteiger partial charge in [-0.1, -0.05) is 41.4 Å². The first-order valence-electron chi connectivity index (χ1n) is 6.16. The topological polar surface area (TPSA) is 37.9 Å². The van der Waals surface area contributed by atoms with Gasteiger partial charge in [-0.05, 0) is 30.7 Å². The van der Waals surface area contributed by atoms with Gasteiger partial charge >= 0.3 is 0 Å². The number of imidazole rings is 1. The number of aryl methyl sites for hydroxylation is 1. The van der Waals surface area contributed by atoms with E-state index in [1.165, 1.54) is 0 Å². The van der Waals surface area contributed by atoms with Gasteiger partial charge in [0.05, 0.1) is 21.1 Å². The van der Waals surface area contributed by atoms with E-state index in [1.54, 1.807) is 18.2 Å². The molecule has 0 radical (unpaired) electrons. The van der Waals surface area contributed by atoms with E-state index in [9.17, 15) is 0 Å². The van der Waals surface area contributed by atoms with Crippen LogP contribution in [-0.4, -0.2) is 9.97 Å². The van der Waals surface area contributed by atoms with Crippen molar-refractivity contribution in [3.8, 4) is 5.75 Å². The molecule has 0 fully saturated rings. The molecule has 2 aromatic carbocycles. The zero-order chi connectivity index (χ0) is 14.1. The summed E-state index contributed by atoms with van der Waals surface area (Å²) in [6.07, 6.45) is 0. The van der Waals surface area contributed by atoms with Gasteiger partial charge in [0, 0.05) is 0 Å². The Labute approximate surface area is 126 Å². The predicted molar refractivity (Wildman–Crippen MR) is 81.6 cm³/mol. The Morgan fingerprint density at radius 3 is 2.50 bits per heavy atom. The number of benzene rings is 2. The van der Waals surface area contributed by atoms with Crippen LogP contribution in [-0.2, 0) is 6.61 Å². The summed E-state index contributed by atoms with van der Waals surface area (Å²) in [6.45, 7) is 2.32. The zero-order valence-electron chi connectivity index (χ0n) is 10.8. The van der Waals surface area contributed by atoms with Gasteiger partial charge in [-0.25, -0.2) is 4.98 Å². The molecule has 0 aliphatic carbocycles. The largest absolute Gasteiger partial charge is 0.483 e. The second-order valence-electron chi connectivity index (χ2n) is 4.49. The number of halogens is 2. The van der Waals surface area contributed by atoms with Gasteiger partial charge in [-0.2, -0.15) is 0 Å². The third kappa shape index (κ3) is 2.47. The van der Waals surface area contributed by atoms with E-state index in [0.29, 0.717) is 15.8 Å². The highest BCUT2D eigenvalue weighted by molar-refractivity contribution is 6.37. The van der Waals surface area contributed by atoms with Gasteiger partial charge in [-0.15, -0.1) is 0 Å². The zero-order valence-corrected chi connectivity index (χ0v) is 12.3. The standard InChI is InChI=1S/C15H12Cl2N2O/c1-9-4-2-7-12-14(9)19-13(18-12)8-20-15-10(16)5-3-6-11(15)17/h2-7H,8H2,1H3,(H,18,19). The molecular weight excluding hydrogens is 295 g/mol. The van der Waals surface area contributed by atoms with Crippen LogP contribution >= 0.6 is 23.2 Å². The number of aromatic amines is 1. The van der Waals surface area contributed by atoms with Crippen LogP contribution in [0.4, 0.5) is 0 Å². The first kappa shape index (κ1) is 13.3. The van der Waals surface area contributed by atoms with Gasteiger partial charge in [0.15, 0.2) is 5.75 Å². The van der Waals surface area contributed by atoms with Crippen molar-refractivity contribution < 1.29 is 4.74 Å². The second-order valence-corrected chi connectivity index (χ2v) is 5.31. The number of para-hydroxylation sites is 2. The van der Waals surface area contributed by atoms with Crippen LogP contribution in [0.25, 0.3) is 11.0 Å². The number of nitrogens with one attached hydrogen (secondary N) is 1. The van der Waals surface area contributed by atoms with Crippen molar-refractivity contribution in [1.82, 2.24) is 9.97 Å². The highest BCUT2D eigenvalue weighted by atomic mass is 35.5. The molecule has 20 heavy (non-hydrogen) atoms. The summed E-state index contributed by atoms with van der Waals surface area (Å²) < 4.78 is 5.67. The maximum absolute atomic E-state index is 6.06. The van der Waals surface area contributed by atoms with Crippen LogP contribution in [0.1, 0.15) is 11.4 Å². The number of fused-ring (bicyclic) bond motifs is 1. The van der Waals surface area contributed by atoms with Gasteiger partial charge in [0.25, 0.3) is 0 Å². The highest BCUT2D eigenvalue weighted by Gasteiger charge is 2.09. The Bertz CT molecular complexity index is 747. The maximum atomic E-state index is 6.06. The molecule has 0 atom stereocenters. The number of hydrogen-bond acceptors (Lipinski definition) is 2. The number of aromatic nitrogens is 2. The minimum atomic E-state index is 0.289. The van der Waals surface area contributed by atoms with Crippen molar-refractivity contribution in [1.29, 1.82) is 0 Å². The smallest absolute Gasteiger partial charge is 0.157 e. The lowest BCUT2D eigenvalue weighted by Crippen LogP contribution is -1.98. The van der Waals surface area contributed by atoms with Gasteiger partial charge in [0.2, 0.25) is 0 Å². The Balaban J connectivity index is 1.85. The van der Waals surface area contributed by atoms with Crippen molar-refractivity contribution >= 4 is 34.2 Å². The predicted octanol–water partition coefficient (Wildman–Crippen LogP) is 4.76. The molecule has 0 saturated heterocycles. The number of hydrogen-bond donors (Lipinski definition) is 1. The monoisotopic (exact) mass is 306 g/mol. The molecule has 1 N–H and O–H groups in total. The molecule has 0 unspecified atom stereocenters. The van der Waals surface area contributed by atoms with Crippen LogP contribution in [0, 0.1) is 6.92 Å². The molecule has 1 heterocycles. The lowest BCUT2D eigenvalue weighted by atomic mass is 10.2. The van der Waals surface area contributed by atoms with E-state index in [-0.39, 0.29) is 6.61 Å². The molecule has 1 aromatic heterocycles. The van der Waals surface area contributed by atoms with Crippen LogP contribution in [0.15, 0.2) is 36.4 Å². The van der Waals surface area contributed by atoms with Crippen molar-refractivity contribution in [2.24, 2.45) is 0 Å². The molecule has 3 aromatic rings. The minimum Gasteiger partial charge on any atom is -0.483 e. The summed E-state index contributed by atoms with van der Waals surface area (Å²) in [5.41, 5.74) is 3.07. The Morgan fingerprint density at radius 1 is 1.10 bits per heavy atom. The van der Waals surface area contributed by atoms with E-state index in [4.69, 9.17) is 27.9 Å². The Kier molecular flexibility index (Phi) is 3.55. The summed E-state index contributed by atoms with van der Waals surface area (Å²) in [7, 11) is 0. The third-order valence-electron chi connectivity index (χ3n) is 3.04. The minimum absolute atomic E-state index is 0.289. The summed E-state index contributed by atoms with van der Waals surface area (Å²) in [6, 6.07) is 11.3. The van der Waals surface area contributed by atoms with Gasteiger partial charge in [-0.3, -0.25) is 0 Å². The first-order chi connectivity index (χ1) is 9.65. The van der Waals surface area contributed by atoms with Crippen molar-refractivity contribution in [3.05, 3.63) is 57.8 Å². The SMILES string of the molecule is Cc1cccc2[nH]c(COc3c(Cl)cccc3Cl)nc12. The Hall–Kier alpha value is -1.71. The van der Waals surface area contributed by atoms with E-state index in [0.717, 1.165) is 22.4 Å². The normalized spacial score (nSPS) is 10.9.